The topological polar surface area (TPSA) is 107 Å². The molecule has 0 radical (unpaired) electrons. The van der Waals surface area contributed by atoms with Crippen molar-refractivity contribution in [2.24, 2.45) is 0 Å². The molecule has 0 aromatic heterocycles. The van der Waals surface area contributed by atoms with E-state index in [0.717, 1.165) is 20.3 Å². The molecular weight excluding hydrogens is 360 g/mol. The highest BCUT2D eigenvalue weighted by Crippen LogP contribution is 2.37. The standard InChI is InChI=1S/C18H18O7S/c1-10-6-5-7-11(2)15(10)16-13(18(20)25-4)8-12(17(19)24-3)9-14(16)26(21,22)23/h5-9H,1-4H3,(H,21,22,23). The molecule has 26 heavy (non-hydrogen) atoms. The fourth-order valence-corrected chi connectivity index (χ4v) is 3.54. The van der Waals surface area contributed by atoms with Gasteiger partial charge < -0.3 is 9.47 Å². The van der Waals surface area contributed by atoms with Crippen LogP contribution in [-0.4, -0.2) is 39.1 Å². The number of methoxy groups -OCH3 is 2. The molecular formula is C18H18O7S. The van der Waals surface area contributed by atoms with E-state index in [1.165, 1.54) is 6.07 Å². The third-order valence-electron chi connectivity index (χ3n) is 3.94. The summed E-state index contributed by atoms with van der Waals surface area (Å²) in [6.07, 6.45) is 0. The van der Waals surface area contributed by atoms with Crippen molar-refractivity contribution in [1.82, 2.24) is 0 Å². The molecule has 2 rings (SSSR count). The summed E-state index contributed by atoms with van der Waals surface area (Å²) in [6.45, 7) is 3.48. The van der Waals surface area contributed by atoms with Gasteiger partial charge in [0.2, 0.25) is 0 Å². The van der Waals surface area contributed by atoms with E-state index in [4.69, 9.17) is 4.74 Å². The van der Waals surface area contributed by atoms with Gasteiger partial charge in [-0.2, -0.15) is 8.42 Å². The van der Waals surface area contributed by atoms with Gasteiger partial charge in [-0.05, 0) is 42.7 Å². The Labute approximate surface area is 151 Å². The number of ether oxygens (including phenoxy) is 2. The summed E-state index contributed by atoms with van der Waals surface area (Å²) in [5.41, 5.74) is 1.44. The molecule has 0 atom stereocenters. The highest BCUT2D eigenvalue weighted by atomic mass is 32.2. The Morgan fingerprint density at radius 1 is 0.923 bits per heavy atom. The van der Waals surface area contributed by atoms with E-state index < -0.39 is 27.0 Å². The van der Waals surface area contributed by atoms with Crippen LogP contribution in [0.3, 0.4) is 0 Å². The number of hydrogen-bond acceptors (Lipinski definition) is 6. The lowest BCUT2D eigenvalue weighted by Crippen LogP contribution is -2.13. The second kappa shape index (κ2) is 7.27. The highest BCUT2D eigenvalue weighted by molar-refractivity contribution is 7.86. The predicted octanol–water partition coefficient (Wildman–Crippen LogP) is 2.79. The fourth-order valence-electron chi connectivity index (χ4n) is 2.79. The quantitative estimate of drug-likeness (QED) is 0.644. The maximum absolute atomic E-state index is 12.3. The van der Waals surface area contributed by atoms with Crippen LogP contribution < -0.4 is 0 Å². The molecule has 2 aromatic rings. The summed E-state index contributed by atoms with van der Waals surface area (Å²) in [4.78, 5) is 23.6. The molecule has 0 aliphatic carbocycles. The van der Waals surface area contributed by atoms with Crippen LogP contribution in [0, 0.1) is 13.8 Å². The van der Waals surface area contributed by atoms with Gasteiger partial charge in [0.25, 0.3) is 10.1 Å². The number of hydrogen-bond donors (Lipinski definition) is 1. The van der Waals surface area contributed by atoms with Gasteiger partial charge >= 0.3 is 11.9 Å². The summed E-state index contributed by atoms with van der Waals surface area (Å²) in [5, 5.41) is 0. The second-order valence-electron chi connectivity index (χ2n) is 5.62. The first-order chi connectivity index (χ1) is 12.1. The normalized spacial score (nSPS) is 11.1. The molecule has 0 bridgehead atoms. The molecule has 0 spiro atoms. The van der Waals surface area contributed by atoms with Crippen LogP contribution in [0.2, 0.25) is 0 Å². The Bertz CT molecular complexity index is 971. The van der Waals surface area contributed by atoms with Gasteiger partial charge in [0.15, 0.2) is 0 Å². The number of carbonyl (C=O) groups excluding carboxylic acids is 2. The van der Waals surface area contributed by atoms with Crippen molar-refractivity contribution in [1.29, 1.82) is 0 Å². The molecule has 0 unspecified atom stereocenters. The lowest BCUT2D eigenvalue weighted by atomic mass is 9.91. The molecule has 138 valence electrons. The maximum atomic E-state index is 12.3. The van der Waals surface area contributed by atoms with Gasteiger partial charge in [0, 0.05) is 5.56 Å². The maximum Gasteiger partial charge on any atom is 0.338 e. The zero-order valence-corrected chi connectivity index (χ0v) is 15.5. The van der Waals surface area contributed by atoms with E-state index >= 15 is 0 Å². The van der Waals surface area contributed by atoms with E-state index in [-0.39, 0.29) is 16.7 Å². The van der Waals surface area contributed by atoms with E-state index in [1.807, 2.05) is 0 Å². The third kappa shape index (κ3) is 3.61. The van der Waals surface area contributed by atoms with Crippen LogP contribution in [0.1, 0.15) is 31.8 Å². The molecule has 0 fully saturated rings. The monoisotopic (exact) mass is 378 g/mol. The van der Waals surface area contributed by atoms with Gasteiger partial charge in [-0.1, -0.05) is 18.2 Å². The Balaban J connectivity index is 3.06. The lowest BCUT2D eigenvalue weighted by molar-refractivity contribution is 0.0599. The van der Waals surface area contributed by atoms with Crippen molar-refractivity contribution in [3.05, 3.63) is 52.6 Å². The SMILES string of the molecule is COC(=O)c1cc(C(=O)OC)c(-c2c(C)cccc2C)c(S(=O)(=O)O)c1. The zero-order valence-electron chi connectivity index (χ0n) is 14.7. The van der Waals surface area contributed by atoms with Crippen LogP contribution in [0.5, 0.6) is 0 Å². The first-order valence-corrected chi connectivity index (χ1v) is 8.94. The van der Waals surface area contributed by atoms with Gasteiger partial charge in [-0.25, -0.2) is 9.59 Å². The second-order valence-corrected chi connectivity index (χ2v) is 7.01. The van der Waals surface area contributed by atoms with E-state index in [9.17, 15) is 22.6 Å². The Morgan fingerprint density at radius 3 is 1.92 bits per heavy atom. The minimum atomic E-state index is -4.76. The number of carbonyl (C=O) groups is 2. The smallest absolute Gasteiger partial charge is 0.338 e. The first kappa shape index (κ1) is 19.6. The minimum absolute atomic E-state index is 0.0254. The number of aryl methyl sites for hydroxylation is 2. The van der Waals surface area contributed by atoms with E-state index in [0.29, 0.717) is 16.7 Å². The average molecular weight is 378 g/mol. The molecule has 7 nitrogen and oxygen atoms in total. The summed E-state index contributed by atoms with van der Waals surface area (Å²) < 4.78 is 43.1. The lowest BCUT2D eigenvalue weighted by Gasteiger charge is -2.17. The van der Waals surface area contributed by atoms with Crippen molar-refractivity contribution < 1.29 is 32.0 Å². The first-order valence-electron chi connectivity index (χ1n) is 7.50. The van der Waals surface area contributed by atoms with E-state index in [2.05, 4.69) is 4.74 Å². The average Bonchev–Trinajstić information content (AvgIpc) is 2.59. The molecule has 0 saturated heterocycles. The van der Waals surface area contributed by atoms with Crippen molar-refractivity contribution >= 4 is 22.1 Å². The Hall–Kier alpha value is -2.71. The molecule has 0 aliphatic heterocycles. The van der Waals surface area contributed by atoms with Crippen molar-refractivity contribution in [2.75, 3.05) is 14.2 Å². The molecule has 0 saturated carbocycles. The van der Waals surface area contributed by atoms with Crippen LogP contribution in [0.15, 0.2) is 35.2 Å². The Kier molecular flexibility index (Phi) is 5.48. The van der Waals surface area contributed by atoms with E-state index in [1.54, 1.807) is 32.0 Å². The summed E-state index contributed by atoms with van der Waals surface area (Å²) >= 11 is 0. The van der Waals surface area contributed by atoms with Crippen LogP contribution in [0.25, 0.3) is 11.1 Å². The van der Waals surface area contributed by atoms with Crippen LogP contribution >= 0.6 is 0 Å². The molecule has 0 amide bonds. The zero-order chi connectivity index (χ0) is 19.6. The van der Waals surface area contributed by atoms with Gasteiger partial charge in [-0.15, -0.1) is 0 Å². The number of rotatable bonds is 4. The van der Waals surface area contributed by atoms with Crippen molar-refractivity contribution in [3.8, 4) is 11.1 Å². The van der Waals surface area contributed by atoms with Crippen molar-refractivity contribution in [3.63, 3.8) is 0 Å². The van der Waals surface area contributed by atoms with Gasteiger partial charge in [0.1, 0.15) is 4.90 Å². The van der Waals surface area contributed by atoms with Crippen LogP contribution in [0.4, 0.5) is 0 Å². The minimum Gasteiger partial charge on any atom is -0.465 e. The van der Waals surface area contributed by atoms with Gasteiger partial charge in [0.05, 0.1) is 25.3 Å². The Morgan fingerprint density at radius 2 is 1.46 bits per heavy atom. The predicted molar refractivity (Wildman–Crippen MR) is 93.8 cm³/mol. The molecule has 2 aromatic carbocycles. The fraction of sp³-hybridized carbons (Fsp3) is 0.222. The third-order valence-corrected chi connectivity index (χ3v) is 4.82. The molecule has 0 aliphatic rings. The van der Waals surface area contributed by atoms with Gasteiger partial charge in [-0.3, -0.25) is 4.55 Å². The number of benzene rings is 2. The van der Waals surface area contributed by atoms with Crippen LogP contribution in [-0.2, 0) is 19.6 Å². The molecule has 0 heterocycles. The van der Waals surface area contributed by atoms with Crippen molar-refractivity contribution in [2.45, 2.75) is 18.7 Å². The summed E-state index contributed by atoms with van der Waals surface area (Å²) in [6, 6.07) is 7.43. The molecule has 1 N–H and O–H groups in total. The molecule has 8 heteroatoms. The summed E-state index contributed by atoms with van der Waals surface area (Å²) in [7, 11) is -2.51. The summed E-state index contributed by atoms with van der Waals surface area (Å²) in [5.74, 6) is -1.70. The number of esters is 2. The highest BCUT2D eigenvalue weighted by Gasteiger charge is 2.28. The largest absolute Gasteiger partial charge is 0.465 e.